The largest absolute Gasteiger partial charge is 0.353 e. The molecular formula is C23H25FN6. The lowest BCUT2D eigenvalue weighted by molar-refractivity contribution is 0.248. The molecule has 0 atom stereocenters. The van der Waals surface area contributed by atoms with E-state index < -0.39 is 0 Å². The molecule has 2 aromatic heterocycles. The van der Waals surface area contributed by atoms with E-state index in [9.17, 15) is 9.65 Å². The van der Waals surface area contributed by atoms with Gasteiger partial charge in [0.1, 0.15) is 17.7 Å². The summed E-state index contributed by atoms with van der Waals surface area (Å²) in [5.41, 5.74) is 4.81. The third kappa shape index (κ3) is 3.63. The molecule has 1 saturated heterocycles. The fourth-order valence-corrected chi connectivity index (χ4v) is 4.59. The van der Waals surface area contributed by atoms with Crippen LogP contribution in [0.3, 0.4) is 0 Å². The molecular weight excluding hydrogens is 379 g/mol. The molecule has 0 spiro atoms. The number of rotatable bonds is 4. The Morgan fingerprint density at radius 2 is 1.87 bits per heavy atom. The van der Waals surface area contributed by atoms with Gasteiger partial charge in [-0.05, 0) is 49.4 Å². The van der Waals surface area contributed by atoms with Crippen molar-refractivity contribution in [3.05, 3.63) is 53.2 Å². The van der Waals surface area contributed by atoms with E-state index in [1.807, 2.05) is 0 Å². The first-order valence-corrected chi connectivity index (χ1v) is 10.7. The Labute approximate surface area is 175 Å². The summed E-state index contributed by atoms with van der Waals surface area (Å²) in [5, 5.41) is 9.64. The molecule has 1 aromatic carbocycles. The van der Waals surface area contributed by atoms with Crippen LogP contribution in [0.15, 0.2) is 30.6 Å². The number of anilines is 1. The summed E-state index contributed by atoms with van der Waals surface area (Å²) in [6.07, 6.45) is 6.24. The predicted molar refractivity (Wildman–Crippen MR) is 114 cm³/mol. The van der Waals surface area contributed by atoms with Crippen LogP contribution < -0.4 is 4.90 Å². The molecule has 3 aromatic rings. The van der Waals surface area contributed by atoms with Crippen LogP contribution in [-0.4, -0.2) is 52.2 Å². The van der Waals surface area contributed by atoms with Gasteiger partial charge in [-0.2, -0.15) is 5.26 Å². The fourth-order valence-electron chi connectivity index (χ4n) is 4.59. The van der Waals surface area contributed by atoms with E-state index in [1.54, 1.807) is 12.4 Å². The Morgan fingerprint density at radius 1 is 1.03 bits per heavy atom. The molecule has 7 heteroatoms. The van der Waals surface area contributed by atoms with Crippen molar-refractivity contribution in [1.29, 1.82) is 5.26 Å². The number of nitrogens with zero attached hydrogens (tertiary/aromatic N) is 6. The molecule has 3 heterocycles. The number of aromatic nitrogens is 3. The Morgan fingerprint density at radius 3 is 2.70 bits per heavy atom. The normalized spacial score (nSPS) is 17.1. The number of nitriles is 1. The van der Waals surface area contributed by atoms with Gasteiger partial charge in [0.05, 0.1) is 22.9 Å². The lowest BCUT2D eigenvalue weighted by atomic mass is 9.95. The zero-order valence-corrected chi connectivity index (χ0v) is 17.0. The number of hydrogen-bond donors (Lipinski definition) is 0. The van der Waals surface area contributed by atoms with Gasteiger partial charge >= 0.3 is 0 Å². The van der Waals surface area contributed by atoms with Crippen LogP contribution in [0.25, 0.3) is 11.0 Å². The van der Waals surface area contributed by atoms with E-state index in [-0.39, 0.29) is 5.82 Å². The van der Waals surface area contributed by atoms with Gasteiger partial charge < -0.3 is 9.47 Å². The SMILES string of the molecule is N#Cc1cc2c(nc1N1CCN(CCn3cnc4cc(F)ccc43)CC1)CCCC2. The number of piperazine rings is 1. The molecule has 30 heavy (non-hydrogen) atoms. The number of fused-ring (bicyclic) bond motifs is 2. The van der Waals surface area contributed by atoms with Gasteiger partial charge in [-0.15, -0.1) is 0 Å². The number of hydrogen-bond acceptors (Lipinski definition) is 5. The van der Waals surface area contributed by atoms with Crippen molar-refractivity contribution in [1.82, 2.24) is 19.4 Å². The van der Waals surface area contributed by atoms with Gasteiger partial charge in [-0.25, -0.2) is 14.4 Å². The summed E-state index contributed by atoms with van der Waals surface area (Å²) in [6, 6.07) is 9.18. The van der Waals surface area contributed by atoms with E-state index in [1.165, 1.54) is 36.2 Å². The van der Waals surface area contributed by atoms with Crippen molar-refractivity contribution in [2.24, 2.45) is 0 Å². The van der Waals surface area contributed by atoms with Crippen molar-refractivity contribution >= 4 is 16.9 Å². The lowest BCUT2D eigenvalue weighted by Gasteiger charge is -2.36. The molecule has 0 N–H and O–H groups in total. The highest BCUT2D eigenvalue weighted by Gasteiger charge is 2.23. The summed E-state index contributed by atoms with van der Waals surface area (Å²) in [7, 11) is 0. The average molecular weight is 404 g/mol. The minimum atomic E-state index is -0.253. The number of imidazole rings is 1. The van der Waals surface area contributed by atoms with Gasteiger partial charge in [0.25, 0.3) is 0 Å². The van der Waals surface area contributed by atoms with E-state index in [4.69, 9.17) is 4.98 Å². The van der Waals surface area contributed by atoms with Crippen LogP contribution in [0.5, 0.6) is 0 Å². The van der Waals surface area contributed by atoms with E-state index in [0.717, 1.165) is 63.4 Å². The highest BCUT2D eigenvalue weighted by atomic mass is 19.1. The zero-order chi connectivity index (χ0) is 20.5. The summed E-state index contributed by atoms with van der Waals surface area (Å²) < 4.78 is 15.4. The van der Waals surface area contributed by atoms with Gasteiger partial charge in [0, 0.05) is 51.0 Å². The number of benzene rings is 1. The molecule has 1 aliphatic carbocycles. The van der Waals surface area contributed by atoms with E-state index in [2.05, 4.69) is 31.5 Å². The fraction of sp³-hybridized carbons (Fsp3) is 0.435. The molecule has 0 saturated carbocycles. The Hall–Kier alpha value is -2.98. The summed E-state index contributed by atoms with van der Waals surface area (Å²) in [5.74, 6) is 0.608. The van der Waals surface area contributed by atoms with E-state index >= 15 is 0 Å². The monoisotopic (exact) mass is 404 g/mol. The smallest absolute Gasteiger partial charge is 0.146 e. The quantitative estimate of drug-likeness (QED) is 0.669. The molecule has 0 amide bonds. The maximum absolute atomic E-state index is 13.4. The van der Waals surface area contributed by atoms with Crippen LogP contribution >= 0.6 is 0 Å². The second kappa shape index (κ2) is 8.04. The van der Waals surface area contributed by atoms with Crippen LogP contribution in [0.2, 0.25) is 0 Å². The third-order valence-electron chi connectivity index (χ3n) is 6.31. The number of pyridine rings is 1. The van der Waals surface area contributed by atoms with Gasteiger partial charge in [-0.1, -0.05) is 0 Å². The van der Waals surface area contributed by atoms with Crippen LogP contribution in [0.4, 0.5) is 10.2 Å². The number of aryl methyl sites for hydroxylation is 2. The van der Waals surface area contributed by atoms with Crippen molar-refractivity contribution < 1.29 is 4.39 Å². The van der Waals surface area contributed by atoms with Crippen molar-refractivity contribution in [3.8, 4) is 6.07 Å². The highest BCUT2D eigenvalue weighted by molar-refractivity contribution is 5.75. The topological polar surface area (TPSA) is 61.0 Å². The molecule has 0 radical (unpaired) electrons. The molecule has 0 bridgehead atoms. The van der Waals surface area contributed by atoms with Crippen molar-refractivity contribution in [2.45, 2.75) is 32.2 Å². The highest BCUT2D eigenvalue weighted by Crippen LogP contribution is 2.27. The molecule has 1 fully saturated rings. The summed E-state index contributed by atoms with van der Waals surface area (Å²) in [6.45, 7) is 5.35. The maximum atomic E-state index is 13.4. The Balaban J connectivity index is 1.23. The molecule has 2 aliphatic rings. The Bertz CT molecular complexity index is 1110. The summed E-state index contributed by atoms with van der Waals surface area (Å²) in [4.78, 5) is 13.9. The van der Waals surface area contributed by atoms with Crippen molar-refractivity contribution in [3.63, 3.8) is 0 Å². The molecule has 0 unspecified atom stereocenters. The first-order chi connectivity index (χ1) is 14.7. The third-order valence-corrected chi connectivity index (χ3v) is 6.31. The van der Waals surface area contributed by atoms with E-state index in [0.29, 0.717) is 11.1 Å². The standard InChI is InChI=1S/C23H25FN6/c24-19-5-6-22-21(14-19)26-16-30(22)12-9-28-7-10-29(11-8-28)23-18(15-25)13-17-3-1-2-4-20(17)27-23/h5-6,13-14,16H,1-4,7-12H2. The zero-order valence-electron chi connectivity index (χ0n) is 17.0. The van der Waals surface area contributed by atoms with Crippen LogP contribution in [0.1, 0.15) is 29.7 Å². The van der Waals surface area contributed by atoms with Crippen LogP contribution in [0, 0.1) is 17.1 Å². The first-order valence-electron chi connectivity index (χ1n) is 10.7. The minimum absolute atomic E-state index is 0.253. The average Bonchev–Trinajstić information content (AvgIpc) is 3.19. The molecule has 1 aliphatic heterocycles. The predicted octanol–water partition coefficient (Wildman–Crippen LogP) is 3.14. The second-order valence-electron chi connectivity index (χ2n) is 8.18. The Kier molecular flexibility index (Phi) is 5.09. The first kappa shape index (κ1) is 19.0. The summed E-state index contributed by atoms with van der Waals surface area (Å²) >= 11 is 0. The van der Waals surface area contributed by atoms with Crippen LogP contribution in [-0.2, 0) is 19.4 Å². The minimum Gasteiger partial charge on any atom is -0.353 e. The van der Waals surface area contributed by atoms with Gasteiger partial charge in [-0.3, -0.25) is 4.90 Å². The second-order valence-corrected chi connectivity index (χ2v) is 8.18. The lowest BCUT2D eigenvalue weighted by Crippen LogP contribution is -2.47. The van der Waals surface area contributed by atoms with Gasteiger partial charge in [0.15, 0.2) is 0 Å². The molecule has 154 valence electrons. The van der Waals surface area contributed by atoms with Gasteiger partial charge in [0.2, 0.25) is 0 Å². The molecule has 6 nitrogen and oxygen atoms in total. The number of halogens is 1. The van der Waals surface area contributed by atoms with Crippen molar-refractivity contribution in [2.75, 3.05) is 37.6 Å². The maximum Gasteiger partial charge on any atom is 0.146 e. The molecule has 5 rings (SSSR count).